The minimum Gasteiger partial charge on any atom is -0.481 e. The van der Waals surface area contributed by atoms with E-state index in [0.29, 0.717) is 6.42 Å². The Hall–Kier alpha value is -2.42. The summed E-state index contributed by atoms with van der Waals surface area (Å²) in [4.78, 5) is 14.6. The highest BCUT2D eigenvalue weighted by atomic mass is 16.4. The summed E-state index contributed by atoms with van der Waals surface area (Å²) in [5, 5.41) is 8.66. The zero-order valence-corrected chi connectivity index (χ0v) is 11.9. The van der Waals surface area contributed by atoms with E-state index in [1.54, 1.807) is 12.4 Å². The van der Waals surface area contributed by atoms with E-state index >= 15 is 0 Å². The third-order valence-electron chi connectivity index (χ3n) is 3.27. The lowest BCUT2D eigenvalue weighted by Gasteiger charge is -2.08. The average molecular weight is 281 g/mol. The molecule has 3 heteroatoms. The van der Waals surface area contributed by atoms with Crippen LogP contribution in [-0.4, -0.2) is 16.1 Å². The number of rotatable bonds is 7. The molecule has 108 valence electrons. The normalized spacial score (nSPS) is 11.3. The van der Waals surface area contributed by atoms with Gasteiger partial charge in [0.25, 0.3) is 0 Å². The number of aromatic nitrogens is 1. The molecule has 2 aromatic rings. The van der Waals surface area contributed by atoms with Gasteiger partial charge in [0.15, 0.2) is 0 Å². The van der Waals surface area contributed by atoms with Gasteiger partial charge in [-0.25, -0.2) is 0 Å². The number of carbonyl (C=O) groups is 1. The van der Waals surface area contributed by atoms with Gasteiger partial charge in [-0.2, -0.15) is 0 Å². The number of aliphatic carboxylic acids is 1. The number of carboxylic acids is 1. The van der Waals surface area contributed by atoms with Crippen LogP contribution >= 0.6 is 0 Å². The quantitative estimate of drug-likeness (QED) is 0.775. The predicted molar refractivity (Wildman–Crippen MR) is 83.9 cm³/mol. The Kier molecular flexibility index (Phi) is 5.71. The van der Waals surface area contributed by atoms with Gasteiger partial charge in [-0.15, -0.1) is 0 Å². The minimum absolute atomic E-state index is 0.240. The molecule has 0 aliphatic rings. The van der Waals surface area contributed by atoms with Crippen molar-refractivity contribution in [2.75, 3.05) is 0 Å². The summed E-state index contributed by atoms with van der Waals surface area (Å²) >= 11 is 0. The first kappa shape index (κ1) is 15.0. The van der Waals surface area contributed by atoms with Crippen molar-refractivity contribution >= 4 is 11.5 Å². The molecule has 1 heterocycles. The van der Waals surface area contributed by atoms with Crippen LogP contribution in [-0.2, 0) is 4.79 Å². The lowest BCUT2D eigenvalue weighted by atomic mass is 9.97. The highest BCUT2D eigenvalue weighted by Crippen LogP contribution is 2.23. The number of pyridine rings is 1. The van der Waals surface area contributed by atoms with Crippen LogP contribution in [0.15, 0.2) is 60.9 Å². The number of nitrogens with zero attached hydrogens (tertiary/aromatic N) is 1. The van der Waals surface area contributed by atoms with Crippen molar-refractivity contribution in [3.63, 3.8) is 0 Å². The predicted octanol–water partition coefficient (Wildman–Crippen LogP) is 4.16. The van der Waals surface area contributed by atoms with E-state index in [-0.39, 0.29) is 6.42 Å². The molecular formula is C18H19NO2. The molecule has 0 bridgehead atoms. The Bertz CT molecular complexity index is 550. The maximum Gasteiger partial charge on any atom is 0.303 e. The fourth-order valence-electron chi connectivity index (χ4n) is 2.22. The summed E-state index contributed by atoms with van der Waals surface area (Å²) in [7, 11) is 0. The molecular weight excluding hydrogens is 262 g/mol. The third-order valence-corrected chi connectivity index (χ3v) is 3.27. The molecule has 0 aliphatic carbocycles. The van der Waals surface area contributed by atoms with Gasteiger partial charge >= 0.3 is 5.97 Å². The molecule has 0 spiro atoms. The van der Waals surface area contributed by atoms with Crippen molar-refractivity contribution in [2.24, 2.45) is 0 Å². The fourth-order valence-corrected chi connectivity index (χ4v) is 2.22. The van der Waals surface area contributed by atoms with Gasteiger partial charge < -0.3 is 5.11 Å². The van der Waals surface area contributed by atoms with E-state index in [1.807, 2.05) is 30.3 Å². The van der Waals surface area contributed by atoms with Crippen LogP contribution in [0.3, 0.4) is 0 Å². The molecule has 0 saturated carbocycles. The number of hydrogen-bond acceptors (Lipinski definition) is 2. The van der Waals surface area contributed by atoms with Gasteiger partial charge in [0, 0.05) is 18.8 Å². The number of benzene rings is 1. The zero-order chi connectivity index (χ0) is 14.9. The van der Waals surface area contributed by atoms with Crippen LogP contribution in [0.5, 0.6) is 0 Å². The Morgan fingerprint density at radius 2 is 1.67 bits per heavy atom. The van der Waals surface area contributed by atoms with Crippen LogP contribution in [0.25, 0.3) is 5.57 Å². The minimum atomic E-state index is -0.726. The first-order valence-electron chi connectivity index (χ1n) is 7.15. The fraction of sp³-hybridized carbons (Fsp3) is 0.222. The monoisotopic (exact) mass is 281 g/mol. The summed E-state index contributed by atoms with van der Waals surface area (Å²) in [5.41, 5.74) is 3.48. The van der Waals surface area contributed by atoms with Gasteiger partial charge in [-0.05, 0) is 48.1 Å². The SMILES string of the molecule is O=C(O)CCCC/C=C(\c1ccccc1)c1ccncc1. The Morgan fingerprint density at radius 1 is 1.00 bits per heavy atom. The molecule has 0 fully saturated rings. The highest BCUT2D eigenvalue weighted by molar-refractivity contribution is 5.79. The molecule has 0 amide bonds. The molecule has 0 atom stereocenters. The zero-order valence-electron chi connectivity index (χ0n) is 11.9. The lowest BCUT2D eigenvalue weighted by molar-refractivity contribution is -0.137. The first-order chi connectivity index (χ1) is 10.3. The van der Waals surface area contributed by atoms with Crippen molar-refractivity contribution in [3.05, 3.63) is 72.1 Å². The van der Waals surface area contributed by atoms with Gasteiger partial charge in [-0.1, -0.05) is 36.4 Å². The third kappa shape index (κ3) is 4.88. The molecule has 0 unspecified atom stereocenters. The van der Waals surface area contributed by atoms with Crippen LogP contribution in [0.4, 0.5) is 0 Å². The van der Waals surface area contributed by atoms with Crippen molar-refractivity contribution in [1.82, 2.24) is 4.98 Å². The molecule has 1 aromatic heterocycles. The van der Waals surface area contributed by atoms with Gasteiger partial charge in [0.2, 0.25) is 0 Å². The molecule has 0 radical (unpaired) electrons. The van der Waals surface area contributed by atoms with Crippen LogP contribution in [0.2, 0.25) is 0 Å². The van der Waals surface area contributed by atoms with Crippen LogP contribution < -0.4 is 0 Å². The second-order valence-corrected chi connectivity index (χ2v) is 4.86. The summed E-state index contributed by atoms with van der Waals surface area (Å²) in [6, 6.07) is 14.2. The topological polar surface area (TPSA) is 50.2 Å². The standard InChI is InChI=1S/C18H19NO2/c20-18(21)10-6-2-5-9-17(15-7-3-1-4-8-15)16-11-13-19-14-12-16/h1,3-4,7-9,11-14H,2,5-6,10H2,(H,20,21)/b17-9+. The van der Waals surface area contributed by atoms with Gasteiger partial charge in [0.1, 0.15) is 0 Å². The average Bonchev–Trinajstić information content (AvgIpc) is 2.52. The molecule has 0 aliphatic heterocycles. The molecule has 1 aromatic carbocycles. The van der Waals surface area contributed by atoms with Crippen molar-refractivity contribution < 1.29 is 9.90 Å². The maximum absolute atomic E-state index is 10.5. The number of hydrogen-bond donors (Lipinski definition) is 1. The first-order valence-corrected chi connectivity index (χ1v) is 7.15. The van der Waals surface area contributed by atoms with Crippen molar-refractivity contribution in [2.45, 2.75) is 25.7 Å². The summed E-state index contributed by atoms with van der Waals surface area (Å²) in [6.45, 7) is 0. The van der Waals surface area contributed by atoms with Crippen LogP contribution in [0, 0.1) is 0 Å². The van der Waals surface area contributed by atoms with Gasteiger partial charge in [-0.3, -0.25) is 9.78 Å². The van der Waals surface area contributed by atoms with E-state index in [9.17, 15) is 4.79 Å². The summed E-state index contributed by atoms with van der Waals surface area (Å²) < 4.78 is 0. The van der Waals surface area contributed by atoms with E-state index < -0.39 is 5.97 Å². The highest BCUT2D eigenvalue weighted by Gasteiger charge is 2.04. The molecule has 21 heavy (non-hydrogen) atoms. The number of unbranched alkanes of at least 4 members (excludes halogenated alkanes) is 2. The van der Waals surface area contributed by atoms with E-state index in [1.165, 1.54) is 11.1 Å². The largest absolute Gasteiger partial charge is 0.481 e. The Balaban J connectivity index is 2.11. The van der Waals surface area contributed by atoms with E-state index in [2.05, 4.69) is 23.2 Å². The summed E-state index contributed by atoms with van der Waals surface area (Å²) in [6.07, 6.45) is 8.47. The molecule has 1 N–H and O–H groups in total. The molecule has 0 saturated heterocycles. The van der Waals surface area contributed by atoms with Crippen molar-refractivity contribution in [3.8, 4) is 0 Å². The second-order valence-electron chi connectivity index (χ2n) is 4.86. The molecule has 2 rings (SSSR count). The van der Waals surface area contributed by atoms with E-state index in [4.69, 9.17) is 5.11 Å². The maximum atomic E-state index is 10.5. The number of allylic oxidation sites excluding steroid dienone is 1. The number of carboxylic acid groups (broad SMARTS) is 1. The Labute approximate surface area is 125 Å². The van der Waals surface area contributed by atoms with E-state index in [0.717, 1.165) is 18.4 Å². The molecule has 3 nitrogen and oxygen atoms in total. The van der Waals surface area contributed by atoms with Crippen molar-refractivity contribution in [1.29, 1.82) is 0 Å². The van der Waals surface area contributed by atoms with Crippen LogP contribution in [0.1, 0.15) is 36.8 Å². The summed E-state index contributed by atoms with van der Waals surface area (Å²) in [5.74, 6) is -0.726. The Morgan fingerprint density at radius 3 is 2.33 bits per heavy atom. The smallest absolute Gasteiger partial charge is 0.303 e. The van der Waals surface area contributed by atoms with Gasteiger partial charge in [0.05, 0.1) is 0 Å². The lowest BCUT2D eigenvalue weighted by Crippen LogP contribution is -1.93. The second kappa shape index (κ2) is 8.00.